The van der Waals surface area contributed by atoms with Crippen LogP contribution in [0, 0.1) is 20.8 Å². The van der Waals surface area contributed by atoms with E-state index in [1.807, 2.05) is 10.7 Å². The molecule has 0 aliphatic carbocycles. The Kier molecular flexibility index (Phi) is 5.23. The minimum absolute atomic E-state index is 0.275. The highest BCUT2D eigenvalue weighted by molar-refractivity contribution is 5.86. The number of hydrogen-bond donors (Lipinski definition) is 0. The van der Waals surface area contributed by atoms with E-state index in [-0.39, 0.29) is 5.69 Å². The van der Waals surface area contributed by atoms with Gasteiger partial charge in [0.15, 0.2) is 5.69 Å². The van der Waals surface area contributed by atoms with Crippen LogP contribution in [0.4, 0.5) is 0 Å². The fourth-order valence-corrected chi connectivity index (χ4v) is 3.67. The topological polar surface area (TPSA) is 61.9 Å². The van der Waals surface area contributed by atoms with Crippen molar-refractivity contribution in [1.29, 1.82) is 0 Å². The summed E-state index contributed by atoms with van der Waals surface area (Å²) in [6.45, 7) is 6.64. The third-order valence-corrected chi connectivity index (χ3v) is 5.09. The average Bonchev–Trinajstić information content (AvgIpc) is 3.32. The molecule has 0 fully saturated rings. The third kappa shape index (κ3) is 3.76. The average molecular weight is 400 g/mol. The van der Waals surface area contributed by atoms with Gasteiger partial charge in [0.05, 0.1) is 18.5 Å². The van der Waals surface area contributed by atoms with Gasteiger partial charge in [-0.25, -0.2) is 9.48 Å². The Morgan fingerprint density at radius 2 is 1.60 bits per heavy atom. The standard InChI is InChI=1S/C24H24N4O2/c1-16-7-5-9-19(13-16)22-18(3)23(20-10-6-8-17(2)14-20)28(26-22)15-27-12-11-21(25-27)24(29)30-4/h5-14H,15H2,1-4H3. The number of carbonyl (C=O) groups excluding carboxylic acids is 1. The minimum Gasteiger partial charge on any atom is -0.464 e. The summed E-state index contributed by atoms with van der Waals surface area (Å²) >= 11 is 0. The number of hydrogen-bond acceptors (Lipinski definition) is 4. The van der Waals surface area contributed by atoms with Gasteiger partial charge in [0.25, 0.3) is 0 Å². The number of ether oxygens (including phenoxy) is 1. The predicted octanol–water partition coefficient (Wildman–Crippen LogP) is 4.63. The lowest BCUT2D eigenvalue weighted by Gasteiger charge is -2.09. The van der Waals surface area contributed by atoms with Crippen LogP contribution in [-0.4, -0.2) is 32.6 Å². The summed E-state index contributed by atoms with van der Waals surface area (Å²) < 4.78 is 8.39. The highest BCUT2D eigenvalue weighted by Gasteiger charge is 2.19. The van der Waals surface area contributed by atoms with Gasteiger partial charge >= 0.3 is 5.97 Å². The molecule has 0 saturated carbocycles. The van der Waals surface area contributed by atoms with Gasteiger partial charge in [-0.05, 0) is 39.0 Å². The number of methoxy groups -OCH3 is 1. The maximum Gasteiger partial charge on any atom is 0.358 e. The number of rotatable bonds is 5. The van der Waals surface area contributed by atoms with Crippen molar-refractivity contribution in [2.24, 2.45) is 0 Å². The number of aryl methyl sites for hydroxylation is 2. The van der Waals surface area contributed by atoms with Crippen LogP contribution in [0.5, 0.6) is 0 Å². The molecular weight excluding hydrogens is 376 g/mol. The van der Waals surface area contributed by atoms with Gasteiger partial charge in [0, 0.05) is 22.9 Å². The van der Waals surface area contributed by atoms with E-state index >= 15 is 0 Å². The van der Waals surface area contributed by atoms with Crippen molar-refractivity contribution in [3.05, 3.63) is 83.2 Å². The molecule has 6 heteroatoms. The first kappa shape index (κ1) is 19.6. The van der Waals surface area contributed by atoms with Crippen molar-refractivity contribution in [2.75, 3.05) is 7.11 Å². The first-order valence-electron chi connectivity index (χ1n) is 9.79. The normalized spacial score (nSPS) is 10.9. The van der Waals surface area contributed by atoms with Gasteiger partial charge in [-0.2, -0.15) is 10.2 Å². The van der Waals surface area contributed by atoms with Gasteiger partial charge in [-0.1, -0.05) is 47.5 Å². The Morgan fingerprint density at radius 1 is 0.933 bits per heavy atom. The minimum atomic E-state index is -0.454. The van der Waals surface area contributed by atoms with Crippen LogP contribution in [0.2, 0.25) is 0 Å². The number of nitrogens with zero attached hydrogens (tertiary/aromatic N) is 4. The van der Waals surface area contributed by atoms with Crippen molar-refractivity contribution < 1.29 is 9.53 Å². The summed E-state index contributed by atoms with van der Waals surface area (Å²) in [6, 6.07) is 18.4. The van der Waals surface area contributed by atoms with Gasteiger partial charge in [-0.15, -0.1) is 0 Å². The smallest absolute Gasteiger partial charge is 0.358 e. The Bertz CT molecular complexity index is 1220. The van der Waals surface area contributed by atoms with Gasteiger partial charge in [-0.3, -0.25) is 4.68 Å². The molecule has 2 aromatic heterocycles. The van der Waals surface area contributed by atoms with Crippen LogP contribution in [0.15, 0.2) is 60.8 Å². The van der Waals surface area contributed by atoms with Gasteiger partial charge in [0.1, 0.15) is 6.67 Å². The van der Waals surface area contributed by atoms with E-state index in [1.165, 1.54) is 18.2 Å². The molecule has 0 unspecified atom stereocenters. The van der Waals surface area contributed by atoms with Crippen molar-refractivity contribution in [1.82, 2.24) is 19.6 Å². The SMILES string of the molecule is COC(=O)c1ccn(Cn2nc(-c3cccc(C)c3)c(C)c2-c2cccc(C)c2)n1. The summed E-state index contributed by atoms with van der Waals surface area (Å²) in [5, 5.41) is 9.27. The molecule has 4 aromatic rings. The fourth-order valence-electron chi connectivity index (χ4n) is 3.67. The molecule has 0 spiro atoms. The Hall–Kier alpha value is -3.67. The first-order chi connectivity index (χ1) is 14.5. The molecule has 2 heterocycles. The second-order valence-corrected chi connectivity index (χ2v) is 7.43. The van der Waals surface area contributed by atoms with Gasteiger partial charge < -0.3 is 4.74 Å². The number of aromatic nitrogens is 4. The van der Waals surface area contributed by atoms with Gasteiger partial charge in [0.2, 0.25) is 0 Å². The van der Waals surface area contributed by atoms with Crippen LogP contribution in [0.25, 0.3) is 22.5 Å². The summed E-state index contributed by atoms with van der Waals surface area (Å²) in [7, 11) is 1.35. The second-order valence-electron chi connectivity index (χ2n) is 7.43. The molecule has 0 N–H and O–H groups in total. The second kappa shape index (κ2) is 7.99. The van der Waals surface area contributed by atoms with E-state index in [4.69, 9.17) is 9.84 Å². The molecule has 0 aliphatic rings. The highest BCUT2D eigenvalue weighted by Crippen LogP contribution is 2.32. The lowest BCUT2D eigenvalue weighted by molar-refractivity contribution is 0.0593. The molecule has 4 rings (SSSR count). The molecule has 0 aliphatic heterocycles. The molecule has 0 bridgehead atoms. The van der Waals surface area contributed by atoms with Crippen molar-refractivity contribution >= 4 is 5.97 Å². The van der Waals surface area contributed by atoms with E-state index in [2.05, 4.69) is 68.3 Å². The molecule has 0 radical (unpaired) electrons. The summed E-state index contributed by atoms with van der Waals surface area (Å²) in [6.07, 6.45) is 1.76. The fraction of sp³-hybridized carbons (Fsp3) is 0.208. The summed E-state index contributed by atoms with van der Waals surface area (Å²) in [5.41, 5.74) is 7.90. The zero-order valence-corrected chi connectivity index (χ0v) is 17.6. The first-order valence-corrected chi connectivity index (χ1v) is 9.79. The van der Waals surface area contributed by atoms with E-state index in [9.17, 15) is 4.79 Å². The molecule has 6 nitrogen and oxygen atoms in total. The molecular formula is C24H24N4O2. The highest BCUT2D eigenvalue weighted by atomic mass is 16.5. The maximum absolute atomic E-state index is 11.8. The van der Waals surface area contributed by atoms with Crippen molar-refractivity contribution in [3.63, 3.8) is 0 Å². The lowest BCUT2D eigenvalue weighted by atomic mass is 10.0. The zero-order chi connectivity index (χ0) is 21.3. The molecule has 0 amide bonds. The quantitative estimate of drug-likeness (QED) is 0.458. The van der Waals surface area contributed by atoms with Crippen LogP contribution in [-0.2, 0) is 11.4 Å². The van der Waals surface area contributed by atoms with Crippen molar-refractivity contribution in [2.45, 2.75) is 27.4 Å². The maximum atomic E-state index is 11.8. The van der Waals surface area contributed by atoms with Crippen molar-refractivity contribution in [3.8, 4) is 22.5 Å². The molecule has 30 heavy (non-hydrogen) atoms. The monoisotopic (exact) mass is 400 g/mol. The van der Waals surface area contributed by atoms with Crippen LogP contribution < -0.4 is 0 Å². The zero-order valence-electron chi connectivity index (χ0n) is 17.6. The van der Waals surface area contributed by atoms with E-state index in [0.29, 0.717) is 6.67 Å². The van der Waals surface area contributed by atoms with E-state index < -0.39 is 5.97 Å². The van der Waals surface area contributed by atoms with Crippen LogP contribution in [0.1, 0.15) is 27.2 Å². The Balaban J connectivity index is 1.83. The predicted molar refractivity (Wildman–Crippen MR) is 116 cm³/mol. The Morgan fingerprint density at radius 3 is 2.27 bits per heavy atom. The third-order valence-electron chi connectivity index (χ3n) is 5.09. The number of carbonyl (C=O) groups is 1. The largest absolute Gasteiger partial charge is 0.464 e. The summed E-state index contributed by atoms with van der Waals surface area (Å²) in [4.78, 5) is 11.8. The molecule has 0 saturated heterocycles. The van der Waals surface area contributed by atoms with Crippen LogP contribution >= 0.6 is 0 Å². The molecule has 152 valence electrons. The number of esters is 1. The number of benzene rings is 2. The molecule has 2 aromatic carbocycles. The molecule has 0 atom stereocenters. The lowest BCUT2D eigenvalue weighted by Crippen LogP contribution is -2.13. The summed E-state index contributed by atoms with van der Waals surface area (Å²) in [5.74, 6) is -0.454. The van der Waals surface area contributed by atoms with E-state index in [0.717, 1.165) is 28.1 Å². The van der Waals surface area contributed by atoms with E-state index in [1.54, 1.807) is 16.9 Å². The van der Waals surface area contributed by atoms with Crippen LogP contribution in [0.3, 0.4) is 0 Å². The Labute approximate surface area is 175 Å².